The molecule has 3 aromatic rings. The van der Waals surface area contributed by atoms with Crippen LogP contribution in [0, 0.1) is 18.3 Å². The molecule has 154 valence electrons. The smallest absolute Gasteiger partial charge is 0.268 e. The Bertz CT molecular complexity index is 1330. The van der Waals surface area contributed by atoms with Gasteiger partial charge in [-0.1, -0.05) is 40.9 Å². The fourth-order valence-electron chi connectivity index (χ4n) is 2.95. The van der Waals surface area contributed by atoms with Crippen LogP contribution in [-0.2, 0) is 10.0 Å². The van der Waals surface area contributed by atoms with Crippen LogP contribution in [-0.4, -0.2) is 37.2 Å². The van der Waals surface area contributed by atoms with Crippen molar-refractivity contribution in [3.63, 3.8) is 0 Å². The first-order chi connectivity index (χ1) is 14.1. The molecule has 0 fully saturated rings. The molecule has 0 unspecified atom stereocenters. The van der Waals surface area contributed by atoms with Gasteiger partial charge in [-0.15, -0.1) is 0 Å². The number of carbonyl (C=O) groups is 1. The lowest BCUT2D eigenvalue weighted by atomic mass is 10.1. The van der Waals surface area contributed by atoms with Crippen LogP contribution in [0.1, 0.15) is 16.1 Å². The number of hydrogen-bond acceptors (Lipinski definition) is 5. The summed E-state index contributed by atoms with van der Waals surface area (Å²) >= 11 is 12.2. The summed E-state index contributed by atoms with van der Waals surface area (Å²) in [6, 6.07) is 12.4. The molecule has 9 heteroatoms. The van der Waals surface area contributed by atoms with E-state index in [2.05, 4.69) is 0 Å². The van der Waals surface area contributed by atoms with E-state index in [0.717, 1.165) is 9.54 Å². The molecule has 30 heavy (non-hydrogen) atoms. The van der Waals surface area contributed by atoms with Gasteiger partial charge in [0, 0.05) is 25.7 Å². The van der Waals surface area contributed by atoms with E-state index < -0.39 is 15.8 Å². The van der Waals surface area contributed by atoms with Crippen molar-refractivity contribution in [1.82, 2.24) is 8.87 Å². The predicted octanol–water partition coefficient (Wildman–Crippen LogP) is 4.65. The van der Waals surface area contributed by atoms with Crippen LogP contribution >= 0.6 is 23.2 Å². The Kier molecular flexibility index (Phi) is 5.95. The lowest BCUT2D eigenvalue weighted by Crippen LogP contribution is -2.20. The van der Waals surface area contributed by atoms with Gasteiger partial charge < -0.3 is 4.90 Å². The Hall–Kier alpha value is -2.79. The summed E-state index contributed by atoms with van der Waals surface area (Å²) in [5.41, 5.74) is 0.688. The van der Waals surface area contributed by atoms with Crippen molar-refractivity contribution in [2.24, 2.45) is 0 Å². The number of ketones is 1. The summed E-state index contributed by atoms with van der Waals surface area (Å²) in [6.07, 6.45) is 1.34. The van der Waals surface area contributed by atoms with E-state index in [1.807, 2.05) is 13.0 Å². The van der Waals surface area contributed by atoms with Crippen molar-refractivity contribution in [1.29, 1.82) is 5.26 Å². The molecule has 0 bridgehead atoms. The van der Waals surface area contributed by atoms with E-state index in [4.69, 9.17) is 23.2 Å². The molecular formula is C21H17Cl2N3O3S. The second kappa shape index (κ2) is 8.15. The van der Waals surface area contributed by atoms with Gasteiger partial charge in [0.25, 0.3) is 10.0 Å². The standard InChI is InChI=1S/C21H17Cl2N3O3S/c1-13-4-6-16(7-5-13)30(28,29)26-19-10-18(23)17(22)8-14(19)9-20(26)21(27)15(11-24)12-25(2)3/h4-10,12H,1-3H3. The Balaban J connectivity index is 2.38. The molecule has 0 radical (unpaired) electrons. The van der Waals surface area contributed by atoms with E-state index in [9.17, 15) is 18.5 Å². The van der Waals surface area contributed by atoms with Crippen molar-refractivity contribution in [3.05, 3.63) is 75.5 Å². The highest BCUT2D eigenvalue weighted by Gasteiger charge is 2.28. The molecule has 0 aliphatic rings. The van der Waals surface area contributed by atoms with Gasteiger partial charge in [-0.2, -0.15) is 5.26 Å². The van der Waals surface area contributed by atoms with Gasteiger partial charge in [-0.3, -0.25) is 4.79 Å². The lowest BCUT2D eigenvalue weighted by molar-refractivity contribution is 0.103. The van der Waals surface area contributed by atoms with Crippen LogP contribution in [0.5, 0.6) is 0 Å². The summed E-state index contributed by atoms with van der Waals surface area (Å²) in [6.45, 7) is 1.84. The summed E-state index contributed by atoms with van der Waals surface area (Å²) in [4.78, 5) is 14.7. The zero-order chi connectivity index (χ0) is 22.2. The highest BCUT2D eigenvalue weighted by molar-refractivity contribution is 7.90. The number of hydrogen-bond donors (Lipinski definition) is 0. The number of rotatable bonds is 5. The van der Waals surface area contributed by atoms with Gasteiger partial charge in [0.15, 0.2) is 0 Å². The van der Waals surface area contributed by atoms with Gasteiger partial charge in [-0.05, 0) is 37.3 Å². The Morgan fingerprint density at radius 2 is 1.70 bits per heavy atom. The van der Waals surface area contributed by atoms with Crippen LogP contribution in [0.25, 0.3) is 10.9 Å². The zero-order valence-corrected chi connectivity index (χ0v) is 18.7. The number of aromatic nitrogens is 1. The quantitative estimate of drug-likeness (QED) is 0.313. The number of allylic oxidation sites excluding steroid dienone is 1. The maximum atomic E-state index is 13.5. The molecule has 0 amide bonds. The molecule has 3 rings (SSSR count). The zero-order valence-electron chi connectivity index (χ0n) is 16.3. The molecule has 0 spiro atoms. The minimum atomic E-state index is -4.17. The molecule has 0 aliphatic heterocycles. The van der Waals surface area contributed by atoms with Gasteiger partial charge in [-0.25, -0.2) is 12.4 Å². The minimum absolute atomic E-state index is 0.000759. The van der Waals surface area contributed by atoms with E-state index in [1.165, 1.54) is 41.4 Å². The third-order valence-electron chi connectivity index (χ3n) is 4.34. The van der Waals surface area contributed by atoms with Crippen LogP contribution in [0.2, 0.25) is 10.0 Å². The number of nitriles is 1. The fraction of sp³-hybridized carbons (Fsp3) is 0.143. The molecular weight excluding hydrogens is 445 g/mol. The molecule has 2 aromatic carbocycles. The van der Waals surface area contributed by atoms with Crippen LogP contribution < -0.4 is 0 Å². The summed E-state index contributed by atoms with van der Waals surface area (Å²) in [7, 11) is -0.860. The average Bonchev–Trinajstić information content (AvgIpc) is 3.05. The number of nitrogens with zero attached hydrogens (tertiary/aromatic N) is 3. The van der Waals surface area contributed by atoms with Crippen molar-refractivity contribution in [2.75, 3.05) is 14.1 Å². The molecule has 0 saturated heterocycles. The van der Waals surface area contributed by atoms with Gasteiger partial charge >= 0.3 is 0 Å². The third kappa shape index (κ3) is 3.94. The Morgan fingerprint density at radius 1 is 1.10 bits per heavy atom. The van der Waals surface area contributed by atoms with Crippen molar-refractivity contribution < 1.29 is 13.2 Å². The average molecular weight is 462 g/mol. The number of aryl methyl sites for hydroxylation is 1. The van der Waals surface area contributed by atoms with Crippen molar-refractivity contribution >= 4 is 49.9 Å². The normalized spacial score (nSPS) is 12.1. The van der Waals surface area contributed by atoms with Crippen LogP contribution in [0.3, 0.4) is 0 Å². The molecule has 0 N–H and O–H groups in total. The topological polar surface area (TPSA) is 83.2 Å². The number of fused-ring (bicyclic) bond motifs is 1. The minimum Gasteiger partial charge on any atom is -0.382 e. The van der Waals surface area contributed by atoms with Crippen molar-refractivity contribution in [2.45, 2.75) is 11.8 Å². The number of benzene rings is 2. The van der Waals surface area contributed by atoms with Gasteiger partial charge in [0.1, 0.15) is 17.3 Å². The summed E-state index contributed by atoms with van der Waals surface area (Å²) in [5, 5.41) is 10.2. The number of carbonyl (C=O) groups excluding carboxylic acids is 1. The first-order valence-electron chi connectivity index (χ1n) is 8.72. The van der Waals surface area contributed by atoms with Crippen LogP contribution in [0.15, 0.2) is 59.1 Å². The lowest BCUT2D eigenvalue weighted by Gasteiger charge is -2.12. The SMILES string of the molecule is Cc1ccc(S(=O)(=O)n2c(C(=O)C(C#N)=CN(C)C)cc3cc(Cl)c(Cl)cc32)cc1. The Morgan fingerprint density at radius 3 is 2.27 bits per heavy atom. The monoisotopic (exact) mass is 461 g/mol. The number of halogens is 2. The van der Waals surface area contributed by atoms with Gasteiger partial charge in [0.2, 0.25) is 5.78 Å². The summed E-state index contributed by atoms with van der Waals surface area (Å²) in [5.74, 6) is -0.731. The molecule has 0 atom stereocenters. The predicted molar refractivity (Wildman–Crippen MR) is 117 cm³/mol. The fourth-order valence-corrected chi connectivity index (χ4v) is 4.78. The first-order valence-corrected chi connectivity index (χ1v) is 10.9. The Labute approximate surface area is 184 Å². The highest BCUT2D eigenvalue weighted by Crippen LogP contribution is 2.33. The molecule has 0 aliphatic carbocycles. The van der Waals surface area contributed by atoms with Crippen molar-refractivity contribution in [3.8, 4) is 6.07 Å². The summed E-state index contributed by atoms with van der Waals surface area (Å²) < 4.78 is 27.9. The third-order valence-corrected chi connectivity index (χ3v) is 6.81. The molecule has 1 heterocycles. The van der Waals surface area contributed by atoms with E-state index in [1.54, 1.807) is 26.2 Å². The number of Topliss-reactive ketones (excluding diaryl/α,β-unsaturated/α-hetero) is 1. The molecule has 1 aromatic heterocycles. The maximum Gasteiger partial charge on any atom is 0.268 e. The van der Waals surface area contributed by atoms with E-state index >= 15 is 0 Å². The second-order valence-electron chi connectivity index (χ2n) is 6.88. The van der Waals surface area contributed by atoms with E-state index in [-0.39, 0.29) is 31.7 Å². The highest BCUT2D eigenvalue weighted by atomic mass is 35.5. The maximum absolute atomic E-state index is 13.5. The second-order valence-corrected chi connectivity index (χ2v) is 9.49. The first kappa shape index (κ1) is 21.9. The largest absolute Gasteiger partial charge is 0.382 e. The van der Waals surface area contributed by atoms with Gasteiger partial charge in [0.05, 0.1) is 20.5 Å². The molecule has 0 saturated carbocycles. The van der Waals surface area contributed by atoms with Crippen LogP contribution in [0.4, 0.5) is 0 Å². The molecule has 6 nitrogen and oxygen atoms in total. The van der Waals surface area contributed by atoms with E-state index in [0.29, 0.717) is 5.39 Å².